The molecule has 0 fully saturated rings. The van der Waals surface area contributed by atoms with Gasteiger partial charge in [0, 0.05) is 0 Å². The minimum Gasteiger partial charge on any atom is -0.459 e. The highest BCUT2D eigenvalue weighted by Crippen LogP contribution is 2.31. The maximum absolute atomic E-state index is 13.0. The average molecular weight is 541 g/mol. The summed E-state index contributed by atoms with van der Waals surface area (Å²) in [5.74, 6) is -1.46. The summed E-state index contributed by atoms with van der Waals surface area (Å²) in [6.07, 6.45) is 1.64. The molecule has 0 radical (unpaired) electrons. The number of carbonyl (C=O) groups excluding carboxylic acids is 3. The third-order valence-corrected chi connectivity index (χ3v) is 6.79. The van der Waals surface area contributed by atoms with Crippen LogP contribution in [0.4, 0.5) is 10.5 Å². The second-order valence-corrected chi connectivity index (χ2v) is 9.37. The van der Waals surface area contributed by atoms with Gasteiger partial charge in [-0.05, 0) is 41.7 Å². The Kier molecular flexibility index (Phi) is 8.53. The van der Waals surface area contributed by atoms with E-state index in [2.05, 4.69) is 16.0 Å². The number of esters is 1. The third kappa shape index (κ3) is 6.53. The first-order chi connectivity index (χ1) is 17.8. The molecule has 37 heavy (non-hydrogen) atoms. The molecule has 3 aromatic carbocycles. The summed E-state index contributed by atoms with van der Waals surface area (Å²) in [6.45, 7) is -0.228. The molecule has 0 heterocycles. The lowest BCUT2D eigenvalue weighted by Gasteiger charge is -2.21. The van der Waals surface area contributed by atoms with E-state index >= 15 is 0 Å². The second-order valence-electron chi connectivity index (χ2n) is 8.59. The molecule has 0 bridgehead atoms. The molecule has 192 valence electrons. The van der Waals surface area contributed by atoms with Crippen molar-refractivity contribution in [3.63, 3.8) is 0 Å². The fourth-order valence-electron chi connectivity index (χ4n) is 4.14. The van der Waals surface area contributed by atoms with Crippen molar-refractivity contribution in [1.82, 2.24) is 16.0 Å². The van der Waals surface area contributed by atoms with Crippen LogP contribution in [0.5, 0.6) is 0 Å². The molecule has 0 aromatic heterocycles. The van der Waals surface area contributed by atoms with Gasteiger partial charge in [0.2, 0.25) is 0 Å². The molecule has 8 nitrogen and oxygen atoms in total. The molecule has 2 atom stereocenters. The first kappa shape index (κ1) is 26.3. The smallest absolute Gasteiger partial charge is 0.330 e. The van der Waals surface area contributed by atoms with Gasteiger partial charge < -0.3 is 26.4 Å². The molecule has 0 spiro atoms. The van der Waals surface area contributed by atoms with Crippen LogP contribution in [0.2, 0.25) is 10.0 Å². The van der Waals surface area contributed by atoms with Crippen LogP contribution in [0, 0.1) is 0 Å². The molecular formula is C27H26Cl2N4O4. The Hall–Kier alpha value is -3.75. The van der Waals surface area contributed by atoms with Crippen LogP contribution < -0.4 is 21.7 Å². The number of rotatable bonds is 8. The van der Waals surface area contributed by atoms with E-state index in [-0.39, 0.29) is 40.5 Å². The van der Waals surface area contributed by atoms with Crippen molar-refractivity contribution >= 4 is 46.8 Å². The Labute approximate surface area is 224 Å². The highest BCUT2D eigenvalue weighted by Gasteiger charge is 2.28. The summed E-state index contributed by atoms with van der Waals surface area (Å²) in [7, 11) is 0. The summed E-state index contributed by atoms with van der Waals surface area (Å²) in [4.78, 5) is 38.6. The molecule has 1 unspecified atom stereocenters. The van der Waals surface area contributed by atoms with Crippen molar-refractivity contribution in [2.24, 2.45) is 0 Å². The van der Waals surface area contributed by atoms with Gasteiger partial charge in [0.05, 0.1) is 33.9 Å². The first-order valence-corrected chi connectivity index (χ1v) is 12.5. The molecule has 1 aliphatic carbocycles. The Morgan fingerprint density at radius 1 is 1.00 bits per heavy atom. The lowest BCUT2D eigenvalue weighted by molar-refractivity contribution is -0.147. The molecule has 1 aliphatic rings. The van der Waals surface area contributed by atoms with Crippen LogP contribution in [0.3, 0.4) is 0 Å². The Balaban J connectivity index is 1.43. The fraction of sp³-hybridized carbons (Fsp3) is 0.222. The average Bonchev–Trinajstić information content (AvgIpc) is 3.30. The standard InChI is InChI=1S/C27H26Cl2N4O4/c28-19-11-12-20(30)24(29)23(19)25(34)32-22(26(35)37-15-16-6-2-1-3-7-16)14-31-27(36)33-21-13-10-17-8-4-5-9-18(17)21/h1-9,11-12,21-22H,10,13-15,30H2,(H,32,34)(H2,31,33,36)/t21-,22?/m1/s1. The van der Waals surface area contributed by atoms with Crippen molar-refractivity contribution in [2.45, 2.75) is 31.5 Å². The minimum absolute atomic E-state index is 0.00308. The number of aryl methyl sites for hydroxylation is 1. The van der Waals surface area contributed by atoms with Gasteiger partial charge in [0.1, 0.15) is 12.6 Å². The van der Waals surface area contributed by atoms with Gasteiger partial charge in [-0.3, -0.25) is 4.79 Å². The predicted octanol–water partition coefficient (Wildman–Crippen LogP) is 4.40. The summed E-state index contributed by atoms with van der Waals surface area (Å²) in [6, 6.07) is 18.1. The number of halogens is 2. The van der Waals surface area contributed by atoms with Crippen LogP contribution in [0.25, 0.3) is 0 Å². The van der Waals surface area contributed by atoms with Gasteiger partial charge >= 0.3 is 12.0 Å². The molecule has 4 rings (SSSR count). The van der Waals surface area contributed by atoms with Gasteiger partial charge in [0.25, 0.3) is 5.91 Å². The van der Waals surface area contributed by atoms with Crippen molar-refractivity contribution in [3.05, 3.63) is 99.0 Å². The number of nitrogen functional groups attached to an aromatic ring is 1. The van der Waals surface area contributed by atoms with E-state index in [4.69, 9.17) is 33.7 Å². The highest BCUT2D eigenvalue weighted by atomic mass is 35.5. The van der Waals surface area contributed by atoms with E-state index < -0.39 is 23.9 Å². The molecule has 3 amide bonds. The van der Waals surface area contributed by atoms with Crippen molar-refractivity contribution < 1.29 is 19.1 Å². The van der Waals surface area contributed by atoms with E-state index in [1.54, 1.807) is 12.1 Å². The number of urea groups is 1. The molecule has 3 aromatic rings. The zero-order valence-electron chi connectivity index (χ0n) is 19.8. The summed E-state index contributed by atoms with van der Waals surface area (Å²) < 4.78 is 5.41. The number of carbonyl (C=O) groups is 3. The largest absolute Gasteiger partial charge is 0.459 e. The third-order valence-electron chi connectivity index (χ3n) is 6.07. The maximum Gasteiger partial charge on any atom is 0.330 e. The van der Waals surface area contributed by atoms with Gasteiger partial charge in [-0.1, -0.05) is 77.8 Å². The van der Waals surface area contributed by atoms with Crippen LogP contribution in [-0.2, 0) is 22.6 Å². The van der Waals surface area contributed by atoms with E-state index in [1.165, 1.54) is 17.7 Å². The van der Waals surface area contributed by atoms with Gasteiger partial charge in [-0.15, -0.1) is 0 Å². The maximum atomic E-state index is 13.0. The van der Waals surface area contributed by atoms with Crippen molar-refractivity contribution in [2.75, 3.05) is 12.3 Å². The van der Waals surface area contributed by atoms with E-state index in [9.17, 15) is 14.4 Å². The van der Waals surface area contributed by atoms with E-state index in [1.807, 2.05) is 42.5 Å². The molecule has 10 heteroatoms. The molecule has 0 saturated heterocycles. The van der Waals surface area contributed by atoms with Gasteiger partial charge in [0.15, 0.2) is 0 Å². The lowest BCUT2D eigenvalue weighted by atomic mass is 10.1. The Bertz CT molecular complexity index is 1300. The number of anilines is 1. The number of amides is 3. The van der Waals surface area contributed by atoms with Crippen molar-refractivity contribution in [3.8, 4) is 0 Å². The number of ether oxygens (including phenoxy) is 1. The summed E-state index contributed by atoms with van der Waals surface area (Å²) in [5, 5.41) is 8.18. The first-order valence-electron chi connectivity index (χ1n) is 11.7. The minimum atomic E-state index is -1.22. The zero-order valence-corrected chi connectivity index (χ0v) is 21.3. The molecule has 5 N–H and O–H groups in total. The van der Waals surface area contributed by atoms with Crippen LogP contribution in [-0.4, -0.2) is 30.5 Å². The van der Waals surface area contributed by atoms with E-state index in [0.29, 0.717) is 0 Å². The number of nitrogens with two attached hydrogens (primary N) is 1. The van der Waals surface area contributed by atoms with E-state index in [0.717, 1.165) is 24.0 Å². The highest BCUT2D eigenvalue weighted by molar-refractivity contribution is 6.41. The quantitative estimate of drug-likeness (QED) is 0.249. The number of nitrogens with one attached hydrogen (secondary N) is 3. The van der Waals surface area contributed by atoms with Crippen LogP contribution in [0.1, 0.15) is 39.5 Å². The van der Waals surface area contributed by atoms with Gasteiger partial charge in [-0.2, -0.15) is 0 Å². The Morgan fingerprint density at radius 2 is 1.73 bits per heavy atom. The molecular weight excluding hydrogens is 515 g/mol. The predicted molar refractivity (Wildman–Crippen MR) is 142 cm³/mol. The monoisotopic (exact) mass is 540 g/mol. The zero-order chi connectivity index (χ0) is 26.4. The topological polar surface area (TPSA) is 123 Å². The number of hydrogen-bond acceptors (Lipinski definition) is 5. The molecule has 0 saturated carbocycles. The normalized spacial score (nSPS) is 14.8. The van der Waals surface area contributed by atoms with Gasteiger partial charge in [-0.25, -0.2) is 9.59 Å². The summed E-state index contributed by atoms with van der Waals surface area (Å²) in [5.41, 5.74) is 8.93. The Morgan fingerprint density at radius 3 is 2.51 bits per heavy atom. The summed E-state index contributed by atoms with van der Waals surface area (Å²) >= 11 is 12.4. The van der Waals surface area contributed by atoms with Crippen LogP contribution >= 0.6 is 23.2 Å². The number of benzene rings is 3. The SMILES string of the molecule is Nc1ccc(Cl)c(C(=O)NC(CNC(=O)N[C@@H]2CCc3ccccc32)C(=O)OCc2ccccc2)c1Cl. The molecule has 0 aliphatic heterocycles. The van der Waals surface area contributed by atoms with Crippen LogP contribution in [0.15, 0.2) is 66.7 Å². The number of fused-ring (bicyclic) bond motifs is 1. The lowest BCUT2D eigenvalue weighted by Crippen LogP contribution is -2.51. The fourth-order valence-corrected chi connectivity index (χ4v) is 4.68. The number of hydrogen-bond donors (Lipinski definition) is 4. The van der Waals surface area contributed by atoms with Crippen molar-refractivity contribution in [1.29, 1.82) is 0 Å². The second kappa shape index (κ2) is 12.0.